The SMILES string of the molecule is C[C@H](O)CNCc1cnc(N(C)C)s1. The van der Waals surface area contributed by atoms with Crippen LogP contribution in [-0.2, 0) is 6.54 Å². The third-order valence-corrected chi connectivity index (χ3v) is 2.83. The molecule has 0 saturated heterocycles. The van der Waals surface area contributed by atoms with Crippen molar-refractivity contribution in [2.45, 2.75) is 19.6 Å². The van der Waals surface area contributed by atoms with E-state index in [0.717, 1.165) is 11.7 Å². The Bertz CT molecular complexity index is 273. The van der Waals surface area contributed by atoms with Crippen molar-refractivity contribution in [1.82, 2.24) is 10.3 Å². The zero-order valence-electron chi connectivity index (χ0n) is 8.82. The number of nitrogens with one attached hydrogen (secondary N) is 1. The summed E-state index contributed by atoms with van der Waals surface area (Å²) in [5.74, 6) is 0. The normalized spacial score (nSPS) is 12.9. The quantitative estimate of drug-likeness (QED) is 0.758. The Labute approximate surface area is 88.6 Å². The van der Waals surface area contributed by atoms with Gasteiger partial charge in [-0.1, -0.05) is 0 Å². The van der Waals surface area contributed by atoms with Crippen molar-refractivity contribution in [3.63, 3.8) is 0 Å². The van der Waals surface area contributed by atoms with Crippen LogP contribution in [0.2, 0.25) is 0 Å². The first-order valence-corrected chi connectivity index (χ1v) is 5.42. The number of aromatic nitrogens is 1. The lowest BCUT2D eigenvalue weighted by atomic mass is 10.4. The Morgan fingerprint density at radius 2 is 2.36 bits per heavy atom. The summed E-state index contributed by atoms with van der Waals surface area (Å²) in [5, 5.41) is 13.2. The molecule has 1 atom stereocenters. The molecule has 2 N–H and O–H groups in total. The highest BCUT2D eigenvalue weighted by Gasteiger charge is 2.03. The van der Waals surface area contributed by atoms with Gasteiger partial charge in [0, 0.05) is 38.3 Å². The van der Waals surface area contributed by atoms with Crippen LogP contribution in [0.15, 0.2) is 6.20 Å². The minimum Gasteiger partial charge on any atom is -0.392 e. The van der Waals surface area contributed by atoms with Gasteiger partial charge in [0.15, 0.2) is 5.13 Å². The van der Waals surface area contributed by atoms with Gasteiger partial charge in [-0.2, -0.15) is 0 Å². The van der Waals surface area contributed by atoms with E-state index in [2.05, 4.69) is 10.3 Å². The molecule has 0 radical (unpaired) electrons. The summed E-state index contributed by atoms with van der Waals surface area (Å²) >= 11 is 1.66. The van der Waals surface area contributed by atoms with Crippen molar-refractivity contribution < 1.29 is 5.11 Å². The van der Waals surface area contributed by atoms with E-state index in [1.807, 2.05) is 25.2 Å². The second-order valence-corrected chi connectivity index (χ2v) is 4.58. The van der Waals surface area contributed by atoms with Crippen molar-refractivity contribution in [2.24, 2.45) is 0 Å². The fraction of sp³-hybridized carbons (Fsp3) is 0.667. The van der Waals surface area contributed by atoms with E-state index < -0.39 is 0 Å². The van der Waals surface area contributed by atoms with Crippen LogP contribution in [0.25, 0.3) is 0 Å². The zero-order valence-corrected chi connectivity index (χ0v) is 9.64. The summed E-state index contributed by atoms with van der Waals surface area (Å²) in [6.45, 7) is 3.16. The Morgan fingerprint density at radius 3 is 2.86 bits per heavy atom. The predicted octanol–water partition coefficient (Wildman–Crippen LogP) is 0.679. The molecule has 0 aliphatic carbocycles. The van der Waals surface area contributed by atoms with Gasteiger partial charge in [-0.05, 0) is 6.92 Å². The lowest BCUT2D eigenvalue weighted by molar-refractivity contribution is 0.191. The Hall–Kier alpha value is -0.650. The lowest BCUT2D eigenvalue weighted by Crippen LogP contribution is -2.23. The fourth-order valence-electron chi connectivity index (χ4n) is 0.990. The molecule has 5 heteroatoms. The van der Waals surface area contributed by atoms with E-state index in [4.69, 9.17) is 5.11 Å². The van der Waals surface area contributed by atoms with Gasteiger partial charge in [0.05, 0.1) is 6.10 Å². The van der Waals surface area contributed by atoms with Gasteiger partial charge >= 0.3 is 0 Å². The second-order valence-electron chi connectivity index (χ2n) is 3.48. The summed E-state index contributed by atoms with van der Waals surface area (Å²) in [5.41, 5.74) is 0. The molecule has 0 aliphatic rings. The van der Waals surface area contributed by atoms with Gasteiger partial charge in [-0.25, -0.2) is 4.98 Å². The molecule has 1 aromatic rings. The Kier molecular flexibility index (Phi) is 4.31. The standard InChI is InChI=1S/C9H17N3OS/c1-7(13)4-10-5-8-6-11-9(14-8)12(2)3/h6-7,10,13H,4-5H2,1-3H3/t7-/m0/s1. The van der Waals surface area contributed by atoms with Crippen LogP contribution >= 0.6 is 11.3 Å². The van der Waals surface area contributed by atoms with Gasteiger partial charge in [0.2, 0.25) is 0 Å². The minimum absolute atomic E-state index is 0.295. The maximum absolute atomic E-state index is 9.04. The molecule has 0 bridgehead atoms. The number of rotatable bonds is 5. The molecule has 1 heterocycles. The number of hydrogen-bond acceptors (Lipinski definition) is 5. The van der Waals surface area contributed by atoms with Gasteiger partial charge < -0.3 is 15.3 Å². The third kappa shape index (κ3) is 3.61. The summed E-state index contributed by atoms with van der Waals surface area (Å²) in [4.78, 5) is 7.43. The first-order valence-electron chi connectivity index (χ1n) is 4.60. The summed E-state index contributed by atoms with van der Waals surface area (Å²) in [6.07, 6.45) is 1.57. The number of thiazole rings is 1. The largest absolute Gasteiger partial charge is 0.392 e. The fourth-order valence-corrected chi connectivity index (χ4v) is 1.79. The van der Waals surface area contributed by atoms with Gasteiger partial charge in [-0.3, -0.25) is 0 Å². The zero-order chi connectivity index (χ0) is 10.6. The number of hydrogen-bond donors (Lipinski definition) is 2. The monoisotopic (exact) mass is 215 g/mol. The Morgan fingerprint density at radius 1 is 1.64 bits per heavy atom. The number of aliphatic hydroxyl groups excluding tert-OH is 1. The third-order valence-electron chi connectivity index (χ3n) is 1.66. The van der Waals surface area contributed by atoms with E-state index in [0.29, 0.717) is 6.54 Å². The van der Waals surface area contributed by atoms with E-state index in [-0.39, 0.29) is 6.10 Å². The molecule has 80 valence electrons. The molecule has 0 aromatic carbocycles. The van der Waals surface area contributed by atoms with E-state index in [9.17, 15) is 0 Å². The molecule has 1 rings (SSSR count). The van der Waals surface area contributed by atoms with Crippen molar-refractivity contribution in [1.29, 1.82) is 0 Å². The van der Waals surface area contributed by atoms with Crippen LogP contribution in [0.4, 0.5) is 5.13 Å². The molecule has 0 amide bonds. The minimum atomic E-state index is -0.295. The highest BCUT2D eigenvalue weighted by atomic mass is 32.1. The summed E-state index contributed by atoms with van der Waals surface area (Å²) in [7, 11) is 3.96. The lowest BCUT2D eigenvalue weighted by Gasteiger charge is -2.06. The first-order chi connectivity index (χ1) is 6.59. The van der Waals surface area contributed by atoms with Crippen LogP contribution in [0.5, 0.6) is 0 Å². The molecule has 0 aliphatic heterocycles. The predicted molar refractivity (Wildman–Crippen MR) is 59.8 cm³/mol. The van der Waals surface area contributed by atoms with Crippen molar-refractivity contribution >= 4 is 16.5 Å². The number of anilines is 1. The van der Waals surface area contributed by atoms with Crippen molar-refractivity contribution in [2.75, 3.05) is 25.5 Å². The summed E-state index contributed by atoms with van der Waals surface area (Å²) in [6, 6.07) is 0. The second kappa shape index (κ2) is 5.29. The van der Waals surface area contributed by atoms with Crippen LogP contribution in [0.3, 0.4) is 0 Å². The average molecular weight is 215 g/mol. The molecule has 0 saturated carbocycles. The maximum Gasteiger partial charge on any atom is 0.185 e. The highest BCUT2D eigenvalue weighted by molar-refractivity contribution is 7.15. The smallest absolute Gasteiger partial charge is 0.185 e. The highest BCUT2D eigenvalue weighted by Crippen LogP contribution is 2.19. The molecule has 0 fully saturated rings. The summed E-state index contributed by atoms with van der Waals surface area (Å²) < 4.78 is 0. The molecule has 0 unspecified atom stereocenters. The van der Waals surface area contributed by atoms with Gasteiger partial charge in [-0.15, -0.1) is 11.3 Å². The van der Waals surface area contributed by atoms with E-state index in [1.54, 1.807) is 18.3 Å². The molecule has 1 aromatic heterocycles. The molecular formula is C9H17N3OS. The Balaban J connectivity index is 2.36. The van der Waals surface area contributed by atoms with Crippen LogP contribution in [0.1, 0.15) is 11.8 Å². The van der Waals surface area contributed by atoms with E-state index in [1.165, 1.54) is 4.88 Å². The molecule has 14 heavy (non-hydrogen) atoms. The molecular weight excluding hydrogens is 198 g/mol. The maximum atomic E-state index is 9.04. The molecule has 4 nitrogen and oxygen atoms in total. The van der Waals surface area contributed by atoms with E-state index >= 15 is 0 Å². The average Bonchev–Trinajstić information content (AvgIpc) is 2.52. The van der Waals surface area contributed by atoms with Crippen LogP contribution < -0.4 is 10.2 Å². The van der Waals surface area contributed by atoms with Crippen molar-refractivity contribution in [3.05, 3.63) is 11.1 Å². The molecule has 0 spiro atoms. The topological polar surface area (TPSA) is 48.4 Å². The van der Waals surface area contributed by atoms with Crippen LogP contribution in [-0.4, -0.2) is 36.8 Å². The number of aliphatic hydroxyl groups is 1. The van der Waals surface area contributed by atoms with Crippen LogP contribution in [0, 0.1) is 0 Å². The van der Waals surface area contributed by atoms with Gasteiger partial charge in [0.1, 0.15) is 0 Å². The first kappa shape index (κ1) is 11.4. The van der Waals surface area contributed by atoms with Crippen molar-refractivity contribution in [3.8, 4) is 0 Å². The number of nitrogens with zero attached hydrogens (tertiary/aromatic N) is 2. The van der Waals surface area contributed by atoms with Gasteiger partial charge in [0.25, 0.3) is 0 Å².